The highest BCUT2D eigenvalue weighted by Crippen LogP contribution is 2.55. The van der Waals surface area contributed by atoms with Crippen molar-refractivity contribution >= 4 is 17.2 Å². The summed E-state index contributed by atoms with van der Waals surface area (Å²) in [6.07, 6.45) is 6.48. The van der Waals surface area contributed by atoms with Crippen LogP contribution in [-0.2, 0) is 4.79 Å². The van der Waals surface area contributed by atoms with Gasteiger partial charge in [-0.3, -0.25) is 4.79 Å². The van der Waals surface area contributed by atoms with Crippen molar-refractivity contribution in [1.82, 2.24) is 0 Å². The summed E-state index contributed by atoms with van der Waals surface area (Å²) in [5.41, 5.74) is 2.99. The fourth-order valence-electron chi connectivity index (χ4n) is 4.98. The second kappa shape index (κ2) is 5.21. The number of rotatable bonds is 0. The third kappa shape index (κ3) is 1.80. The number of carbonyl (C=O) groups excluding carboxylic acids is 1. The Morgan fingerprint density at radius 1 is 1.21 bits per heavy atom. The van der Waals surface area contributed by atoms with Gasteiger partial charge in [-0.1, -0.05) is 44.4 Å². The number of para-hydroxylation sites is 1. The summed E-state index contributed by atoms with van der Waals surface area (Å²) in [4.78, 5) is 15.2. The van der Waals surface area contributed by atoms with Crippen molar-refractivity contribution in [2.45, 2.75) is 56.9 Å². The minimum atomic E-state index is -0.149. The second-order valence-corrected chi connectivity index (χ2v) is 7.25. The molecule has 1 fully saturated rings. The molecular formula is C20H19N3O. The third-order valence-electron chi connectivity index (χ3n) is 5.93. The summed E-state index contributed by atoms with van der Waals surface area (Å²) in [7, 11) is 0. The molecule has 2 aliphatic heterocycles. The van der Waals surface area contributed by atoms with E-state index in [2.05, 4.69) is 13.0 Å². The summed E-state index contributed by atoms with van der Waals surface area (Å²) in [6, 6.07) is 9.75. The average molecular weight is 317 g/mol. The maximum atomic E-state index is 13.3. The van der Waals surface area contributed by atoms with Crippen molar-refractivity contribution in [2.75, 3.05) is 4.90 Å². The van der Waals surface area contributed by atoms with Crippen molar-refractivity contribution in [3.63, 3.8) is 0 Å². The van der Waals surface area contributed by atoms with Crippen molar-refractivity contribution in [3.05, 3.63) is 34.9 Å². The second-order valence-electron chi connectivity index (χ2n) is 7.25. The highest BCUT2D eigenvalue weighted by atomic mass is 16.2. The van der Waals surface area contributed by atoms with Gasteiger partial charge >= 0.3 is 0 Å². The van der Waals surface area contributed by atoms with Crippen molar-refractivity contribution in [1.29, 1.82) is 10.5 Å². The van der Waals surface area contributed by atoms with Gasteiger partial charge in [0, 0.05) is 11.1 Å². The summed E-state index contributed by atoms with van der Waals surface area (Å²) in [6.45, 7) is 2.23. The summed E-state index contributed by atoms with van der Waals surface area (Å²) < 4.78 is 0. The number of hydrogen-bond acceptors (Lipinski definition) is 3. The molecule has 1 aromatic carbocycles. The van der Waals surface area contributed by atoms with Crippen LogP contribution in [0.15, 0.2) is 23.8 Å². The van der Waals surface area contributed by atoms with E-state index in [0.29, 0.717) is 11.5 Å². The lowest BCUT2D eigenvalue weighted by Gasteiger charge is -2.50. The SMILES string of the molecule is C[C@H]1CC2(CCCCC2)N2C(=O)C(=C(C#N)C#N)c3cccc1c32. The van der Waals surface area contributed by atoms with Crippen LogP contribution in [0, 0.1) is 22.7 Å². The Kier molecular flexibility index (Phi) is 3.25. The first-order chi connectivity index (χ1) is 11.6. The molecule has 1 atom stereocenters. The normalized spacial score (nSPS) is 23.6. The van der Waals surface area contributed by atoms with Gasteiger partial charge in [-0.05, 0) is 30.7 Å². The molecule has 1 amide bonds. The quantitative estimate of drug-likeness (QED) is 0.535. The Morgan fingerprint density at radius 3 is 2.58 bits per heavy atom. The number of carbonyl (C=O) groups is 1. The van der Waals surface area contributed by atoms with E-state index in [1.54, 1.807) is 0 Å². The molecule has 1 aromatic rings. The van der Waals surface area contributed by atoms with E-state index >= 15 is 0 Å². The first-order valence-corrected chi connectivity index (χ1v) is 8.65. The first-order valence-electron chi connectivity index (χ1n) is 8.65. The molecule has 1 saturated carbocycles. The third-order valence-corrected chi connectivity index (χ3v) is 5.93. The van der Waals surface area contributed by atoms with Gasteiger partial charge in [0.1, 0.15) is 17.7 Å². The predicted molar refractivity (Wildman–Crippen MR) is 90.9 cm³/mol. The summed E-state index contributed by atoms with van der Waals surface area (Å²) >= 11 is 0. The monoisotopic (exact) mass is 317 g/mol. The zero-order chi connectivity index (χ0) is 16.9. The molecule has 24 heavy (non-hydrogen) atoms. The Bertz CT molecular complexity index is 831. The molecule has 4 nitrogen and oxygen atoms in total. The van der Waals surface area contributed by atoms with E-state index in [1.807, 2.05) is 29.2 Å². The molecule has 0 N–H and O–H groups in total. The van der Waals surface area contributed by atoms with Crippen molar-refractivity contribution in [2.24, 2.45) is 0 Å². The number of benzene rings is 1. The first kappa shape index (κ1) is 15.0. The van der Waals surface area contributed by atoms with Gasteiger partial charge in [0.25, 0.3) is 5.91 Å². The fourth-order valence-corrected chi connectivity index (χ4v) is 4.98. The number of allylic oxidation sites excluding steroid dienone is 1. The number of nitriles is 2. The molecule has 0 unspecified atom stereocenters. The molecule has 0 bridgehead atoms. The van der Waals surface area contributed by atoms with E-state index in [1.165, 1.54) is 12.0 Å². The van der Waals surface area contributed by atoms with Crippen molar-refractivity contribution < 1.29 is 4.79 Å². The van der Waals surface area contributed by atoms with Crippen LogP contribution in [0.2, 0.25) is 0 Å². The van der Waals surface area contributed by atoms with Gasteiger partial charge in [-0.15, -0.1) is 0 Å². The van der Waals surface area contributed by atoms with Gasteiger partial charge < -0.3 is 4.90 Å². The lowest BCUT2D eigenvalue weighted by Crippen LogP contribution is -2.54. The van der Waals surface area contributed by atoms with E-state index in [9.17, 15) is 15.3 Å². The maximum absolute atomic E-state index is 13.3. The molecule has 4 rings (SSSR count). The van der Waals surface area contributed by atoms with E-state index in [0.717, 1.165) is 43.4 Å². The molecule has 4 heteroatoms. The minimum Gasteiger partial charge on any atom is -0.301 e. The maximum Gasteiger partial charge on any atom is 0.261 e. The van der Waals surface area contributed by atoms with E-state index in [4.69, 9.17) is 0 Å². The molecule has 2 heterocycles. The summed E-state index contributed by atoms with van der Waals surface area (Å²) in [5.74, 6) is 0.235. The smallest absolute Gasteiger partial charge is 0.261 e. The highest BCUT2D eigenvalue weighted by molar-refractivity contribution is 6.35. The largest absolute Gasteiger partial charge is 0.301 e. The van der Waals surface area contributed by atoms with E-state index in [-0.39, 0.29) is 17.0 Å². The van der Waals surface area contributed by atoms with Crippen LogP contribution in [0.1, 0.15) is 62.5 Å². The van der Waals surface area contributed by atoms with Crippen LogP contribution in [0.3, 0.4) is 0 Å². The fraction of sp³-hybridized carbons (Fsp3) is 0.450. The Balaban J connectivity index is 2.01. The standard InChI is InChI=1S/C20H19N3O/c1-13-10-20(8-3-2-4-9-20)23-18-15(13)6-5-7-16(18)17(19(23)24)14(11-21)12-22/h5-7,13H,2-4,8-10H2,1H3/t13-/m0/s1. The van der Waals surface area contributed by atoms with Crippen molar-refractivity contribution in [3.8, 4) is 12.1 Å². The van der Waals surface area contributed by atoms with Gasteiger partial charge in [0.2, 0.25) is 0 Å². The average Bonchev–Trinajstić information content (AvgIpc) is 2.89. The predicted octanol–water partition coefficient (Wildman–Crippen LogP) is 4.04. The zero-order valence-electron chi connectivity index (χ0n) is 13.8. The van der Waals surface area contributed by atoms with Crippen LogP contribution in [0.25, 0.3) is 5.57 Å². The van der Waals surface area contributed by atoms with Gasteiger partial charge in [-0.25, -0.2) is 0 Å². The molecule has 0 aromatic heterocycles. The topological polar surface area (TPSA) is 67.9 Å². The lowest BCUT2D eigenvalue weighted by atomic mass is 9.70. The van der Waals surface area contributed by atoms with Crippen LogP contribution >= 0.6 is 0 Å². The Hall–Kier alpha value is -2.59. The van der Waals surface area contributed by atoms with Crippen LogP contribution < -0.4 is 4.90 Å². The zero-order valence-corrected chi connectivity index (χ0v) is 13.8. The molecule has 1 aliphatic carbocycles. The number of anilines is 1. The molecular weight excluding hydrogens is 298 g/mol. The molecule has 0 saturated heterocycles. The number of amides is 1. The molecule has 120 valence electrons. The van der Waals surface area contributed by atoms with E-state index < -0.39 is 0 Å². The highest BCUT2D eigenvalue weighted by Gasteiger charge is 2.52. The van der Waals surface area contributed by atoms with Crippen LogP contribution in [-0.4, -0.2) is 11.4 Å². The van der Waals surface area contributed by atoms with Gasteiger partial charge in [0.05, 0.1) is 11.3 Å². The lowest BCUT2D eigenvalue weighted by molar-refractivity contribution is -0.114. The number of hydrogen-bond donors (Lipinski definition) is 0. The molecule has 3 aliphatic rings. The summed E-state index contributed by atoms with van der Waals surface area (Å²) in [5, 5.41) is 18.7. The minimum absolute atomic E-state index is 0.0681. The molecule has 1 spiro atoms. The van der Waals surface area contributed by atoms with Gasteiger partial charge in [-0.2, -0.15) is 10.5 Å². The Morgan fingerprint density at radius 2 is 1.92 bits per heavy atom. The number of nitrogens with zero attached hydrogens (tertiary/aromatic N) is 3. The molecule has 0 radical (unpaired) electrons. The van der Waals surface area contributed by atoms with Gasteiger partial charge in [0.15, 0.2) is 0 Å². The van der Waals surface area contributed by atoms with Crippen LogP contribution in [0.5, 0.6) is 0 Å². The van der Waals surface area contributed by atoms with Crippen LogP contribution in [0.4, 0.5) is 5.69 Å². The Labute approximate surface area is 142 Å². The number of fused-ring (bicyclic) bond motifs is 1.